The highest BCUT2D eigenvalue weighted by molar-refractivity contribution is 7.34. The summed E-state index contributed by atoms with van der Waals surface area (Å²) >= 11 is 0. The highest BCUT2D eigenvalue weighted by Crippen LogP contribution is 2.46. The zero-order chi connectivity index (χ0) is 29.8. The van der Waals surface area contributed by atoms with Crippen molar-refractivity contribution < 1.29 is 33.1 Å². The Morgan fingerprint density at radius 2 is 1.20 bits per heavy atom. The normalized spacial score (nSPS) is 12.4. The van der Waals surface area contributed by atoms with Crippen LogP contribution in [0.15, 0.2) is 31.4 Å². The maximum Gasteiger partial charge on any atom is 0.209 e. The van der Waals surface area contributed by atoms with Crippen molar-refractivity contribution in [1.29, 1.82) is 0 Å². The summed E-state index contributed by atoms with van der Waals surface area (Å²) in [6, 6.07) is 1.61. The minimum atomic E-state index is -0.853. The Morgan fingerprint density at radius 3 is 1.65 bits per heavy atom. The SMILES string of the molecule is C=CC(=O)C(CCCC)Oc1c(OCCCCC)cc(P=O)c(OCCCCC)c1OC(CCCC)C(=O)C=C. The predicted molar refractivity (Wildman–Crippen MR) is 162 cm³/mol. The van der Waals surface area contributed by atoms with Crippen LogP contribution in [0.2, 0.25) is 0 Å². The lowest BCUT2D eigenvalue weighted by Gasteiger charge is -2.26. The standard InChI is InChI=1S/C32H49O7P/c1-7-13-17-21-36-28-23-29(40-35)31(37-22-18-14-8-2)32(39-27(20-16-10-4)25(34)12-6)30(28)38-26(19-15-9-3)24(33)11-5/h11-12,23,26-27H,5-10,13-22H2,1-4H3. The highest BCUT2D eigenvalue weighted by Gasteiger charge is 2.31. The van der Waals surface area contributed by atoms with Crippen LogP contribution >= 0.6 is 8.46 Å². The van der Waals surface area contributed by atoms with Crippen molar-refractivity contribution >= 4 is 25.3 Å². The van der Waals surface area contributed by atoms with E-state index >= 15 is 0 Å². The summed E-state index contributed by atoms with van der Waals surface area (Å²) in [5.74, 6) is 0.266. The van der Waals surface area contributed by atoms with E-state index in [-0.39, 0.29) is 37.3 Å². The van der Waals surface area contributed by atoms with Crippen molar-refractivity contribution in [3.05, 3.63) is 31.4 Å². The molecular formula is C32H49O7P. The van der Waals surface area contributed by atoms with Crippen molar-refractivity contribution in [2.24, 2.45) is 0 Å². The Bertz CT molecular complexity index is 944. The number of ether oxygens (including phenoxy) is 4. The fourth-order valence-electron chi connectivity index (χ4n) is 4.03. The van der Waals surface area contributed by atoms with E-state index in [9.17, 15) is 14.2 Å². The van der Waals surface area contributed by atoms with Crippen LogP contribution in [0.4, 0.5) is 0 Å². The van der Waals surface area contributed by atoms with Gasteiger partial charge in [-0.3, -0.25) is 14.2 Å². The molecule has 2 unspecified atom stereocenters. The first-order valence-electron chi connectivity index (χ1n) is 14.9. The largest absolute Gasteiger partial charge is 0.490 e. The molecule has 1 aromatic rings. The molecule has 7 nitrogen and oxygen atoms in total. The molecule has 0 saturated carbocycles. The maximum atomic E-state index is 12.9. The first-order chi connectivity index (χ1) is 19.4. The van der Waals surface area contributed by atoms with Crippen LogP contribution in [0.25, 0.3) is 0 Å². The zero-order valence-electron chi connectivity index (χ0n) is 25.0. The van der Waals surface area contributed by atoms with Gasteiger partial charge in [0.2, 0.25) is 11.5 Å². The van der Waals surface area contributed by atoms with E-state index in [1.165, 1.54) is 12.2 Å². The van der Waals surface area contributed by atoms with E-state index in [4.69, 9.17) is 18.9 Å². The molecule has 0 fully saturated rings. The number of hydrogen-bond acceptors (Lipinski definition) is 7. The maximum absolute atomic E-state index is 12.9. The summed E-state index contributed by atoms with van der Waals surface area (Å²) in [6.45, 7) is 16.3. The van der Waals surface area contributed by atoms with Gasteiger partial charge in [0.25, 0.3) is 0 Å². The second-order valence-corrected chi connectivity index (χ2v) is 10.5. The van der Waals surface area contributed by atoms with E-state index in [1.54, 1.807) is 6.07 Å². The van der Waals surface area contributed by atoms with Crippen molar-refractivity contribution in [2.75, 3.05) is 13.2 Å². The van der Waals surface area contributed by atoms with Crippen LogP contribution in [-0.4, -0.2) is 37.0 Å². The Morgan fingerprint density at radius 1 is 0.725 bits per heavy atom. The van der Waals surface area contributed by atoms with E-state index < -0.39 is 12.2 Å². The molecule has 8 heteroatoms. The minimum Gasteiger partial charge on any atom is -0.490 e. The predicted octanol–water partition coefficient (Wildman–Crippen LogP) is 8.13. The molecule has 0 radical (unpaired) electrons. The van der Waals surface area contributed by atoms with Gasteiger partial charge in [-0.25, -0.2) is 0 Å². The first-order valence-corrected chi connectivity index (χ1v) is 15.7. The molecule has 40 heavy (non-hydrogen) atoms. The van der Waals surface area contributed by atoms with Gasteiger partial charge in [-0.05, 0) is 50.7 Å². The summed E-state index contributed by atoms with van der Waals surface area (Å²) in [6.07, 6.45) is 10.6. The van der Waals surface area contributed by atoms with Gasteiger partial charge in [-0.15, -0.1) is 0 Å². The van der Waals surface area contributed by atoms with Crippen LogP contribution in [-0.2, 0) is 14.2 Å². The molecule has 0 saturated heterocycles. The lowest BCUT2D eigenvalue weighted by molar-refractivity contribution is -0.122. The Balaban J connectivity index is 3.82. The summed E-state index contributed by atoms with van der Waals surface area (Å²) in [5.41, 5.74) is 0. The molecule has 0 aliphatic heterocycles. The number of unbranched alkanes of at least 4 members (excludes halogenated alkanes) is 6. The summed E-state index contributed by atoms with van der Waals surface area (Å²) in [5, 5.41) is 0.324. The van der Waals surface area contributed by atoms with Crippen molar-refractivity contribution in [3.63, 3.8) is 0 Å². The monoisotopic (exact) mass is 576 g/mol. The van der Waals surface area contributed by atoms with E-state index in [2.05, 4.69) is 27.0 Å². The van der Waals surface area contributed by atoms with E-state index in [0.717, 1.165) is 64.2 Å². The van der Waals surface area contributed by atoms with Crippen LogP contribution in [0.3, 0.4) is 0 Å². The number of benzene rings is 1. The third kappa shape index (κ3) is 11.8. The molecule has 1 rings (SSSR count). The van der Waals surface area contributed by atoms with Crippen molar-refractivity contribution in [1.82, 2.24) is 0 Å². The van der Waals surface area contributed by atoms with Crippen LogP contribution in [0.1, 0.15) is 105 Å². The molecule has 0 N–H and O–H groups in total. The second-order valence-electron chi connectivity index (χ2n) is 9.79. The van der Waals surface area contributed by atoms with Gasteiger partial charge in [-0.1, -0.05) is 79.4 Å². The summed E-state index contributed by atoms with van der Waals surface area (Å²) in [4.78, 5) is 25.7. The van der Waals surface area contributed by atoms with E-state index in [1.807, 2.05) is 13.8 Å². The molecular weight excluding hydrogens is 527 g/mol. The quantitative estimate of drug-likeness (QED) is 0.0660. The molecule has 0 heterocycles. The van der Waals surface area contributed by atoms with Gasteiger partial charge in [0.05, 0.1) is 18.5 Å². The molecule has 1 aromatic carbocycles. The van der Waals surface area contributed by atoms with Crippen LogP contribution < -0.4 is 24.3 Å². The first kappa shape index (κ1) is 35.4. The van der Waals surface area contributed by atoms with Gasteiger partial charge in [0, 0.05) is 6.07 Å². The number of carbonyl (C=O) groups is 2. The molecule has 224 valence electrons. The summed E-state index contributed by atoms with van der Waals surface area (Å²) in [7, 11) is -0.298. The van der Waals surface area contributed by atoms with Crippen molar-refractivity contribution in [3.8, 4) is 23.0 Å². The topological polar surface area (TPSA) is 88.1 Å². The highest BCUT2D eigenvalue weighted by atomic mass is 31.1. The molecule has 0 spiro atoms. The number of hydrogen-bond donors (Lipinski definition) is 0. The summed E-state index contributed by atoms with van der Waals surface area (Å²) < 4.78 is 37.5. The number of ketones is 2. The number of rotatable bonds is 25. The lowest BCUT2D eigenvalue weighted by atomic mass is 10.1. The Labute approximate surface area is 242 Å². The zero-order valence-corrected chi connectivity index (χ0v) is 25.9. The average Bonchev–Trinajstić information content (AvgIpc) is 2.97. The van der Waals surface area contributed by atoms with Gasteiger partial charge in [-0.2, -0.15) is 0 Å². The fourth-order valence-corrected chi connectivity index (χ4v) is 4.44. The molecule has 0 amide bonds. The smallest absolute Gasteiger partial charge is 0.209 e. The second kappa shape index (κ2) is 21.1. The van der Waals surface area contributed by atoms with Crippen LogP contribution in [0.5, 0.6) is 23.0 Å². The van der Waals surface area contributed by atoms with Gasteiger partial charge < -0.3 is 18.9 Å². The lowest BCUT2D eigenvalue weighted by Crippen LogP contribution is -2.29. The Kier molecular flexibility index (Phi) is 18.7. The molecule has 0 aliphatic carbocycles. The third-order valence-electron chi connectivity index (χ3n) is 6.43. The van der Waals surface area contributed by atoms with Gasteiger partial charge in [0.1, 0.15) is 0 Å². The third-order valence-corrected chi connectivity index (χ3v) is 6.96. The van der Waals surface area contributed by atoms with Gasteiger partial charge in [0.15, 0.2) is 43.7 Å². The van der Waals surface area contributed by atoms with E-state index in [0.29, 0.717) is 37.1 Å². The Hall–Kier alpha value is -2.66. The van der Waals surface area contributed by atoms with Gasteiger partial charge >= 0.3 is 0 Å². The minimum absolute atomic E-state index is 0.123. The molecule has 0 aromatic heterocycles. The molecule has 0 bridgehead atoms. The van der Waals surface area contributed by atoms with Crippen LogP contribution in [0, 0.1) is 0 Å². The molecule has 2 atom stereocenters. The number of carbonyl (C=O) groups excluding carboxylic acids is 2. The fraction of sp³-hybridized carbons (Fsp3) is 0.625. The average molecular weight is 577 g/mol. The molecule has 0 aliphatic rings. The van der Waals surface area contributed by atoms with Crippen molar-refractivity contribution in [2.45, 2.75) is 117 Å².